The lowest BCUT2D eigenvalue weighted by Crippen LogP contribution is -2.25. The number of carbonyl (C=O) groups is 1. The number of hydrogen-bond acceptors (Lipinski definition) is 3. The van der Waals surface area contributed by atoms with E-state index in [1.165, 1.54) is 11.0 Å². The molecule has 94 valence electrons. The summed E-state index contributed by atoms with van der Waals surface area (Å²) in [6.45, 7) is 4.13. The molecule has 1 amide bonds. The van der Waals surface area contributed by atoms with Gasteiger partial charge in [-0.3, -0.25) is 14.9 Å². The molecular weight excluding hydrogens is 347 g/mol. The molecule has 0 radical (unpaired) electrons. The summed E-state index contributed by atoms with van der Waals surface area (Å²) in [5, 5.41) is 11.0. The zero-order valence-corrected chi connectivity index (χ0v) is 11.7. The third kappa shape index (κ3) is 2.38. The molecule has 18 heavy (non-hydrogen) atoms. The van der Waals surface area contributed by atoms with E-state index >= 15 is 0 Å². The molecule has 1 atom stereocenters. The fourth-order valence-corrected chi connectivity index (χ4v) is 2.47. The molecule has 1 aromatic rings. The molecular formula is C12H11IN2O3. The summed E-state index contributed by atoms with van der Waals surface area (Å²) >= 11 is 2.01. The molecule has 5 nitrogen and oxygen atoms in total. The number of benzene rings is 1. The van der Waals surface area contributed by atoms with Gasteiger partial charge in [0.05, 0.1) is 4.92 Å². The second kappa shape index (κ2) is 5.05. The molecule has 1 aliphatic rings. The zero-order chi connectivity index (χ0) is 13.3. The number of nitro groups is 1. The number of anilines is 1. The Balaban J connectivity index is 2.42. The number of halogens is 1. The summed E-state index contributed by atoms with van der Waals surface area (Å²) in [6.07, 6.45) is 2.09. The number of hydrogen-bond donors (Lipinski definition) is 0. The highest BCUT2D eigenvalue weighted by atomic mass is 127. The molecule has 0 spiro atoms. The number of carbonyl (C=O) groups excluding carboxylic acids is 1. The second-order valence-corrected chi connectivity index (χ2v) is 5.34. The van der Waals surface area contributed by atoms with Gasteiger partial charge in [0.1, 0.15) is 5.69 Å². The van der Waals surface area contributed by atoms with Gasteiger partial charge >= 0.3 is 0 Å². The maximum absolute atomic E-state index is 11.9. The minimum atomic E-state index is -0.452. The van der Waals surface area contributed by atoms with Crippen LogP contribution in [0.4, 0.5) is 11.4 Å². The molecule has 1 unspecified atom stereocenters. The summed E-state index contributed by atoms with van der Waals surface area (Å²) in [6, 6.07) is 4.87. The molecule has 2 rings (SSSR count). The van der Waals surface area contributed by atoms with E-state index in [1.807, 2.05) is 22.6 Å². The van der Waals surface area contributed by atoms with Crippen molar-refractivity contribution in [1.29, 1.82) is 0 Å². The first-order valence-corrected chi connectivity index (χ1v) is 6.47. The lowest BCUT2D eigenvalue weighted by Gasteiger charge is -2.16. The van der Waals surface area contributed by atoms with Crippen LogP contribution in [0.15, 0.2) is 30.9 Å². The number of amides is 1. The van der Waals surface area contributed by atoms with E-state index in [1.54, 1.807) is 18.2 Å². The van der Waals surface area contributed by atoms with Gasteiger partial charge in [0.25, 0.3) is 5.69 Å². The van der Waals surface area contributed by atoms with Crippen LogP contribution in [-0.4, -0.2) is 17.4 Å². The van der Waals surface area contributed by atoms with Gasteiger partial charge in [-0.2, -0.15) is 0 Å². The van der Waals surface area contributed by atoms with Crippen LogP contribution in [0.5, 0.6) is 0 Å². The van der Waals surface area contributed by atoms with Crippen molar-refractivity contribution in [3.05, 3.63) is 44.5 Å². The van der Waals surface area contributed by atoms with Crippen LogP contribution >= 0.6 is 22.6 Å². The van der Waals surface area contributed by atoms with Crippen molar-refractivity contribution < 1.29 is 9.72 Å². The van der Waals surface area contributed by atoms with E-state index < -0.39 is 4.92 Å². The first-order valence-electron chi connectivity index (χ1n) is 5.39. The highest BCUT2D eigenvalue weighted by molar-refractivity contribution is 14.1. The Labute approximate surface area is 118 Å². The number of nitro benzene ring substituents is 1. The molecule has 1 saturated heterocycles. The van der Waals surface area contributed by atoms with E-state index in [2.05, 4.69) is 6.58 Å². The number of rotatable bonds is 3. The van der Waals surface area contributed by atoms with Crippen molar-refractivity contribution in [3.8, 4) is 0 Å². The SMILES string of the molecule is C=CC1CC(=O)N(c2ccc(I)cc2[N+](=O)[O-])C1. The van der Waals surface area contributed by atoms with Gasteiger partial charge in [-0.05, 0) is 34.7 Å². The minimum Gasteiger partial charge on any atom is -0.306 e. The zero-order valence-electron chi connectivity index (χ0n) is 9.51. The number of nitrogens with zero attached hydrogens (tertiary/aromatic N) is 2. The molecule has 6 heteroatoms. The smallest absolute Gasteiger partial charge is 0.294 e. The Bertz CT molecular complexity index is 530. The third-order valence-electron chi connectivity index (χ3n) is 2.91. The van der Waals surface area contributed by atoms with E-state index in [0.717, 1.165) is 3.57 Å². The normalized spacial score (nSPS) is 19.1. The predicted molar refractivity (Wildman–Crippen MR) is 76.5 cm³/mol. The first kappa shape index (κ1) is 13.0. The summed E-state index contributed by atoms with van der Waals surface area (Å²) in [5.41, 5.74) is 0.342. The lowest BCUT2D eigenvalue weighted by molar-refractivity contribution is -0.384. The van der Waals surface area contributed by atoms with Crippen molar-refractivity contribution in [2.45, 2.75) is 6.42 Å². The summed E-state index contributed by atoms with van der Waals surface area (Å²) in [5.74, 6) is -0.0272. The monoisotopic (exact) mass is 358 g/mol. The van der Waals surface area contributed by atoms with Crippen molar-refractivity contribution in [1.82, 2.24) is 0 Å². The van der Waals surface area contributed by atoms with Crippen LogP contribution in [0.1, 0.15) is 6.42 Å². The van der Waals surface area contributed by atoms with E-state index in [0.29, 0.717) is 18.7 Å². The quantitative estimate of drug-likeness (QED) is 0.361. The largest absolute Gasteiger partial charge is 0.306 e. The lowest BCUT2D eigenvalue weighted by atomic mass is 10.1. The van der Waals surface area contributed by atoms with Crippen molar-refractivity contribution in [3.63, 3.8) is 0 Å². The van der Waals surface area contributed by atoms with Crippen LogP contribution in [0, 0.1) is 19.6 Å². The fraction of sp³-hybridized carbons (Fsp3) is 0.250. The Hall–Kier alpha value is -1.44. The van der Waals surface area contributed by atoms with Crippen LogP contribution in [0.25, 0.3) is 0 Å². The summed E-state index contributed by atoms with van der Waals surface area (Å²) in [7, 11) is 0. The molecule has 1 aliphatic heterocycles. The van der Waals surface area contributed by atoms with Gasteiger partial charge in [-0.15, -0.1) is 6.58 Å². The minimum absolute atomic E-state index is 0.0278. The van der Waals surface area contributed by atoms with E-state index in [9.17, 15) is 14.9 Å². The van der Waals surface area contributed by atoms with Crippen LogP contribution in [0.3, 0.4) is 0 Å². The Morgan fingerprint density at radius 3 is 2.83 bits per heavy atom. The van der Waals surface area contributed by atoms with Crippen LogP contribution in [-0.2, 0) is 4.79 Å². The van der Waals surface area contributed by atoms with Gasteiger partial charge in [-0.25, -0.2) is 0 Å². The van der Waals surface area contributed by atoms with Gasteiger partial charge in [-0.1, -0.05) is 6.08 Å². The highest BCUT2D eigenvalue weighted by Crippen LogP contribution is 2.34. The molecule has 0 bridgehead atoms. The van der Waals surface area contributed by atoms with Gasteiger partial charge in [0.2, 0.25) is 5.91 Å². The van der Waals surface area contributed by atoms with Gasteiger partial charge in [0.15, 0.2) is 0 Å². The Morgan fingerprint density at radius 1 is 1.56 bits per heavy atom. The van der Waals surface area contributed by atoms with Gasteiger partial charge in [0, 0.05) is 28.5 Å². The standard InChI is InChI=1S/C12H11IN2O3/c1-2-8-5-12(16)14(7-8)10-4-3-9(13)6-11(10)15(17)18/h2-4,6,8H,1,5,7H2. The first-order chi connectivity index (χ1) is 8.52. The molecule has 0 N–H and O–H groups in total. The van der Waals surface area contributed by atoms with Gasteiger partial charge < -0.3 is 4.90 Å². The van der Waals surface area contributed by atoms with Crippen LogP contribution in [0.2, 0.25) is 0 Å². The van der Waals surface area contributed by atoms with Crippen LogP contribution < -0.4 is 4.90 Å². The fourth-order valence-electron chi connectivity index (χ4n) is 2.00. The van der Waals surface area contributed by atoms with E-state index in [4.69, 9.17) is 0 Å². The average Bonchev–Trinajstić information content (AvgIpc) is 2.70. The van der Waals surface area contributed by atoms with E-state index in [-0.39, 0.29) is 17.5 Å². The highest BCUT2D eigenvalue weighted by Gasteiger charge is 2.32. The average molecular weight is 358 g/mol. The molecule has 0 aliphatic carbocycles. The maximum Gasteiger partial charge on any atom is 0.294 e. The molecule has 1 fully saturated rings. The second-order valence-electron chi connectivity index (χ2n) is 4.09. The molecule has 1 aromatic carbocycles. The van der Waals surface area contributed by atoms with Crippen molar-refractivity contribution >= 4 is 39.9 Å². The van der Waals surface area contributed by atoms with Crippen molar-refractivity contribution in [2.75, 3.05) is 11.4 Å². The summed E-state index contributed by atoms with van der Waals surface area (Å²) < 4.78 is 0.773. The molecule has 0 saturated carbocycles. The third-order valence-corrected chi connectivity index (χ3v) is 3.58. The Morgan fingerprint density at radius 2 is 2.28 bits per heavy atom. The molecule has 1 heterocycles. The van der Waals surface area contributed by atoms with Crippen molar-refractivity contribution in [2.24, 2.45) is 5.92 Å². The predicted octanol–water partition coefficient (Wildman–Crippen LogP) is 2.74. The topological polar surface area (TPSA) is 63.5 Å². The maximum atomic E-state index is 11.9. The summed E-state index contributed by atoms with van der Waals surface area (Å²) in [4.78, 5) is 23.9. The Kier molecular flexibility index (Phi) is 3.65. The molecule has 0 aromatic heterocycles.